The van der Waals surface area contributed by atoms with Gasteiger partial charge in [0, 0.05) is 22.2 Å². The van der Waals surface area contributed by atoms with Crippen LogP contribution in [-0.2, 0) is 6.54 Å². The Hall–Kier alpha value is -3.33. The zero-order chi connectivity index (χ0) is 21.5. The van der Waals surface area contributed by atoms with Crippen LogP contribution in [0.15, 0.2) is 46.9 Å². The summed E-state index contributed by atoms with van der Waals surface area (Å²) in [7, 11) is 0. The molecular weight excluding hydrogens is 428 g/mol. The Kier molecular flexibility index (Phi) is 4.90. The number of alkyl halides is 2. The number of amides is 1. The van der Waals surface area contributed by atoms with E-state index < -0.39 is 12.2 Å². The molecule has 5 rings (SSSR count). The van der Waals surface area contributed by atoms with Crippen LogP contribution < -0.4 is 0 Å². The molecule has 0 saturated heterocycles. The number of carbonyl (C=O) groups excluding carboxylic acids is 1. The summed E-state index contributed by atoms with van der Waals surface area (Å²) in [4.78, 5) is 21.2. The molecule has 0 atom stereocenters. The third-order valence-electron chi connectivity index (χ3n) is 5.07. The maximum absolute atomic E-state index is 13.2. The summed E-state index contributed by atoms with van der Waals surface area (Å²) in [5.74, 6) is 0.00384. The number of fused-ring (bicyclic) bond motifs is 1. The van der Waals surface area contributed by atoms with Crippen molar-refractivity contribution in [3.63, 3.8) is 0 Å². The summed E-state index contributed by atoms with van der Waals surface area (Å²) in [6.07, 6.45) is -0.945. The van der Waals surface area contributed by atoms with Crippen LogP contribution in [0.2, 0.25) is 5.02 Å². The fraction of sp³-hybridized carbons (Fsp3) is 0.238. The van der Waals surface area contributed by atoms with Crippen LogP contribution in [0.4, 0.5) is 8.78 Å². The summed E-state index contributed by atoms with van der Waals surface area (Å²) in [6, 6.07) is 11.8. The summed E-state index contributed by atoms with van der Waals surface area (Å²) < 4.78 is 31.5. The smallest absolute Gasteiger partial charge is 0.295 e. The minimum Gasteiger partial charge on any atom is -0.419 e. The van der Waals surface area contributed by atoms with Crippen molar-refractivity contribution in [2.45, 2.75) is 31.9 Å². The molecule has 0 unspecified atom stereocenters. The number of nitrogens with zero attached hydrogens (tertiary/aromatic N) is 4. The van der Waals surface area contributed by atoms with Gasteiger partial charge in [0.05, 0.1) is 17.6 Å². The van der Waals surface area contributed by atoms with Crippen molar-refractivity contribution in [3.05, 3.63) is 64.8 Å². The lowest BCUT2D eigenvalue weighted by atomic mass is 10.1. The number of nitrogens with one attached hydrogen (secondary N) is 1. The van der Waals surface area contributed by atoms with Crippen LogP contribution in [0.3, 0.4) is 0 Å². The van der Waals surface area contributed by atoms with E-state index >= 15 is 0 Å². The second-order valence-corrected chi connectivity index (χ2v) is 7.76. The highest BCUT2D eigenvalue weighted by molar-refractivity contribution is 6.30. The minimum absolute atomic E-state index is 0.0764. The van der Waals surface area contributed by atoms with Crippen LogP contribution in [0, 0.1) is 0 Å². The van der Waals surface area contributed by atoms with Gasteiger partial charge in [-0.2, -0.15) is 0 Å². The highest BCUT2D eigenvalue weighted by Crippen LogP contribution is 2.31. The molecule has 1 aliphatic rings. The average Bonchev–Trinajstić information content (AvgIpc) is 3.33. The Balaban J connectivity index is 1.38. The van der Waals surface area contributed by atoms with Gasteiger partial charge in [-0.3, -0.25) is 4.79 Å². The summed E-state index contributed by atoms with van der Waals surface area (Å²) in [6.45, 7) is 0.160. The van der Waals surface area contributed by atoms with Gasteiger partial charge in [0.1, 0.15) is 0 Å². The van der Waals surface area contributed by atoms with Gasteiger partial charge in [-0.05, 0) is 55.3 Å². The number of hydrogen-bond acceptors (Lipinski definition) is 5. The van der Waals surface area contributed by atoms with Crippen LogP contribution in [-0.4, -0.2) is 37.0 Å². The molecule has 2 aromatic carbocycles. The molecule has 2 heterocycles. The second kappa shape index (κ2) is 7.73. The van der Waals surface area contributed by atoms with Crippen molar-refractivity contribution < 1.29 is 18.0 Å². The van der Waals surface area contributed by atoms with Gasteiger partial charge in [0.15, 0.2) is 5.82 Å². The van der Waals surface area contributed by atoms with Crippen LogP contribution in [0.1, 0.15) is 41.3 Å². The van der Waals surface area contributed by atoms with Gasteiger partial charge in [-0.15, -0.1) is 10.2 Å². The zero-order valence-corrected chi connectivity index (χ0v) is 16.8. The molecule has 158 valence electrons. The van der Waals surface area contributed by atoms with Crippen LogP contribution in [0.5, 0.6) is 0 Å². The highest BCUT2D eigenvalue weighted by atomic mass is 35.5. The molecule has 31 heavy (non-hydrogen) atoms. The molecule has 1 fully saturated rings. The number of H-pyrrole nitrogens is 1. The lowest BCUT2D eigenvalue weighted by Gasteiger charge is -2.20. The predicted molar refractivity (Wildman–Crippen MR) is 109 cm³/mol. The van der Waals surface area contributed by atoms with E-state index in [9.17, 15) is 13.6 Å². The van der Waals surface area contributed by atoms with E-state index in [0.717, 1.165) is 18.4 Å². The van der Waals surface area contributed by atoms with E-state index in [4.69, 9.17) is 16.0 Å². The number of imidazole rings is 1. The molecule has 1 saturated carbocycles. The Bertz CT molecular complexity index is 1250. The molecule has 0 radical (unpaired) electrons. The molecule has 0 bridgehead atoms. The van der Waals surface area contributed by atoms with E-state index in [1.165, 1.54) is 0 Å². The Morgan fingerprint density at radius 3 is 2.68 bits per heavy atom. The first kappa shape index (κ1) is 19.6. The van der Waals surface area contributed by atoms with E-state index in [1.807, 2.05) is 0 Å². The lowest BCUT2D eigenvalue weighted by Crippen LogP contribution is -2.32. The average molecular weight is 444 g/mol. The van der Waals surface area contributed by atoms with Gasteiger partial charge < -0.3 is 14.3 Å². The fourth-order valence-corrected chi connectivity index (χ4v) is 3.48. The molecule has 10 heteroatoms. The van der Waals surface area contributed by atoms with Crippen molar-refractivity contribution in [2.24, 2.45) is 0 Å². The van der Waals surface area contributed by atoms with Gasteiger partial charge >= 0.3 is 0 Å². The van der Waals surface area contributed by atoms with E-state index in [-0.39, 0.29) is 18.5 Å². The monoisotopic (exact) mass is 443 g/mol. The largest absolute Gasteiger partial charge is 0.419 e. The highest BCUT2D eigenvalue weighted by Gasteiger charge is 2.34. The Labute approximate surface area is 180 Å². The molecule has 0 spiro atoms. The first-order valence-electron chi connectivity index (χ1n) is 9.65. The van der Waals surface area contributed by atoms with Crippen molar-refractivity contribution >= 4 is 28.5 Å². The summed E-state index contributed by atoms with van der Waals surface area (Å²) in [5.41, 5.74) is 1.88. The Morgan fingerprint density at radius 2 is 1.97 bits per heavy atom. The normalized spacial score (nSPS) is 13.8. The fourth-order valence-electron chi connectivity index (χ4n) is 3.36. The van der Waals surface area contributed by atoms with Gasteiger partial charge in [0.2, 0.25) is 11.8 Å². The maximum Gasteiger partial charge on any atom is 0.295 e. The van der Waals surface area contributed by atoms with E-state index in [2.05, 4.69) is 20.2 Å². The third kappa shape index (κ3) is 4.00. The van der Waals surface area contributed by atoms with Gasteiger partial charge in [0.25, 0.3) is 12.3 Å². The molecule has 2 aromatic heterocycles. The second-order valence-electron chi connectivity index (χ2n) is 7.33. The SMILES string of the molecule is O=C(c1ccc2nc(C(F)F)[nH]c2c1)N(Cc1nnc(-c2ccc(Cl)cc2)o1)C1CC1. The minimum atomic E-state index is -2.71. The third-order valence-corrected chi connectivity index (χ3v) is 5.32. The molecule has 1 amide bonds. The van der Waals surface area contributed by atoms with Crippen LogP contribution >= 0.6 is 11.6 Å². The Morgan fingerprint density at radius 1 is 1.19 bits per heavy atom. The maximum atomic E-state index is 13.2. The van der Waals surface area contributed by atoms with Crippen molar-refractivity contribution in [1.29, 1.82) is 0 Å². The predicted octanol–water partition coefficient (Wildman–Crippen LogP) is 5.01. The number of hydrogen-bond donors (Lipinski definition) is 1. The number of benzene rings is 2. The molecule has 4 aromatic rings. The van der Waals surface area contributed by atoms with Gasteiger partial charge in [-0.1, -0.05) is 11.6 Å². The molecule has 7 nitrogen and oxygen atoms in total. The number of rotatable bonds is 6. The van der Waals surface area contributed by atoms with E-state index in [0.29, 0.717) is 33.4 Å². The van der Waals surface area contributed by atoms with E-state index in [1.54, 1.807) is 47.4 Å². The number of aromatic nitrogens is 4. The first-order valence-corrected chi connectivity index (χ1v) is 10.0. The molecule has 1 N–H and O–H groups in total. The van der Waals surface area contributed by atoms with Crippen molar-refractivity contribution in [3.8, 4) is 11.5 Å². The molecular formula is C21H16ClF2N5O2. The first-order chi connectivity index (χ1) is 15.0. The topological polar surface area (TPSA) is 87.9 Å². The zero-order valence-electron chi connectivity index (χ0n) is 16.1. The number of aromatic amines is 1. The van der Waals surface area contributed by atoms with Crippen molar-refractivity contribution in [2.75, 3.05) is 0 Å². The van der Waals surface area contributed by atoms with Crippen molar-refractivity contribution in [1.82, 2.24) is 25.1 Å². The quantitative estimate of drug-likeness (QED) is 0.452. The van der Waals surface area contributed by atoms with Gasteiger partial charge in [-0.25, -0.2) is 13.8 Å². The summed E-state index contributed by atoms with van der Waals surface area (Å²) >= 11 is 5.91. The molecule has 0 aliphatic heterocycles. The summed E-state index contributed by atoms with van der Waals surface area (Å²) in [5, 5.41) is 8.73. The lowest BCUT2D eigenvalue weighted by molar-refractivity contribution is 0.0714. The number of halogens is 3. The molecule has 1 aliphatic carbocycles. The van der Waals surface area contributed by atoms with Crippen LogP contribution in [0.25, 0.3) is 22.5 Å². The standard InChI is InChI=1S/C21H16ClF2N5O2/c22-13-4-1-11(2-5-13)20-28-27-17(31-20)10-29(14-6-7-14)21(30)12-3-8-15-16(9-12)26-19(25-15)18(23)24/h1-5,8-9,14,18H,6-7,10H2,(H,25,26). The number of carbonyl (C=O) groups is 1.